The summed E-state index contributed by atoms with van der Waals surface area (Å²) in [4.78, 5) is 17.7. The highest BCUT2D eigenvalue weighted by Gasteiger charge is 2.31. The van der Waals surface area contributed by atoms with Gasteiger partial charge in [-0.15, -0.1) is 0 Å². The maximum atomic E-state index is 13.8. The van der Waals surface area contributed by atoms with Crippen molar-refractivity contribution >= 4 is 17.3 Å². The molecule has 30 heavy (non-hydrogen) atoms. The number of para-hydroxylation sites is 1. The third-order valence-electron chi connectivity index (χ3n) is 5.91. The zero-order valence-corrected chi connectivity index (χ0v) is 17.6. The Morgan fingerprint density at radius 1 is 0.933 bits per heavy atom. The summed E-state index contributed by atoms with van der Waals surface area (Å²) in [5.74, 6) is 0.155. The van der Waals surface area contributed by atoms with Crippen LogP contribution in [0.2, 0.25) is 0 Å². The number of anilines is 2. The van der Waals surface area contributed by atoms with Gasteiger partial charge in [0.05, 0.1) is 12.5 Å². The van der Waals surface area contributed by atoms with E-state index in [0.717, 1.165) is 47.3 Å². The van der Waals surface area contributed by atoms with E-state index in [-0.39, 0.29) is 11.8 Å². The zero-order valence-electron chi connectivity index (χ0n) is 17.6. The number of benzene rings is 3. The molecule has 0 heterocycles. The highest BCUT2D eigenvalue weighted by molar-refractivity contribution is 5.98. The van der Waals surface area contributed by atoms with Gasteiger partial charge in [-0.05, 0) is 66.3 Å². The molecule has 0 saturated heterocycles. The van der Waals surface area contributed by atoms with Crippen LogP contribution < -0.4 is 9.80 Å². The minimum absolute atomic E-state index is 0.0874. The summed E-state index contributed by atoms with van der Waals surface area (Å²) in [7, 11) is 4.04. The van der Waals surface area contributed by atoms with Gasteiger partial charge in [-0.25, -0.2) is 0 Å². The van der Waals surface area contributed by atoms with Gasteiger partial charge in [-0.3, -0.25) is 4.79 Å². The summed E-state index contributed by atoms with van der Waals surface area (Å²) in [6.45, 7) is 0.515. The molecule has 1 aliphatic carbocycles. The SMILES string of the molecule is CN(C)c1ccc(CN(C(=O)C2CCCc3c(O)cccc32)c2ccccc2)cc1. The molecule has 1 aliphatic rings. The maximum absolute atomic E-state index is 13.8. The fourth-order valence-corrected chi connectivity index (χ4v) is 4.26. The Morgan fingerprint density at radius 3 is 2.37 bits per heavy atom. The maximum Gasteiger partial charge on any atom is 0.234 e. The number of fused-ring (bicyclic) bond motifs is 1. The number of phenols is 1. The molecule has 4 rings (SSSR count). The molecule has 0 aliphatic heterocycles. The van der Waals surface area contributed by atoms with Gasteiger partial charge >= 0.3 is 0 Å². The van der Waals surface area contributed by atoms with Gasteiger partial charge in [0.15, 0.2) is 0 Å². The fraction of sp³-hybridized carbons (Fsp3) is 0.269. The van der Waals surface area contributed by atoms with E-state index in [1.807, 2.05) is 61.5 Å². The Morgan fingerprint density at radius 2 is 1.67 bits per heavy atom. The first-order valence-electron chi connectivity index (χ1n) is 10.5. The van der Waals surface area contributed by atoms with E-state index in [1.165, 1.54) is 0 Å². The highest BCUT2D eigenvalue weighted by Crippen LogP contribution is 2.38. The smallest absolute Gasteiger partial charge is 0.234 e. The van der Waals surface area contributed by atoms with Crippen molar-refractivity contribution in [1.82, 2.24) is 0 Å². The van der Waals surface area contributed by atoms with E-state index < -0.39 is 0 Å². The van der Waals surface area contributed by atoms with E-state index in [2.05, 4.69) is 29.2 Å². The highest BCUT2D eigenvalue weighted by atomic mass is 16.3. The van der Waals surface area contributed by atoms with Gasteiger partial charge in [-0.1, -0.05) is 42.5 Å². The number of hydrogen-bond acceptors (Lipinski definition) is 3. The second kappa shape index (κ2) is 8.62. The Hall–Kier alpha value is -3.27. The number of nitrogens with zero attached hydrogens (tertiary/aromatic N) is 2. The van der Waals surface area contributed by atoms with Gasteiger partial charge in [0.1, 0.15) is 5.75 Å². The first-order valence-corrected chi connectivity index (χ1v) is 10.5. The van der Waals surface area contributed by atoms with Crippen LogP contribution in [0.25, 0.3) is 0 Å². The topological polar surface area (TPSA) is 43.8 Å². The van der Waals surface area contributed by atoms with Gasteiger partial charge in [0, 0.05) is 25.5 Å². The standard InChI is InChI=1S/C26H28N2O2/c1-27(2)20-16-14-19(15-17-20)18-28(21-8-4-3-5-9-21)26(30)24-12-6-11-23-22(24)10-7-13-25(23)29/h3-5,7-10,13-17,24,29H,6,11-12,18H2,1-2H3. The molecule has 0 radical (unpaired) electrons. The third-order valence-corrected chi connectivity index (χ3v) is 5.91. The molecule has 1 N–H and O–H groups in total. The van der Waals surface area contributed by atoms with Crippen LogP contribution in [0.15, 0.2) is 72.8 Å². The molecular weight excluding hydrogens is 372 g/mol. The number of phenolic OH excluding ortho intramolecular Hbond substituents is 1. The number of carbonyl (C=O) groups is 1. The molecule has 0 aromatic heterocycles. The van der Waals surface area contributed by atoms with Gasteiger partial charge in [-0.2, -0.15) is 0 Å². The van der Waals surface area contributed by atoms with E-state index in [0.29, 0.717) is 12.3 Å². The third kappa shape index (κ3) is 4.04. The molecule has 3 aromatic carbocycles. The average molecular weight is 401 g/mol. The largest absolute Gasteiger partial charge is 0.508 e. The van der Waals surface area contributed by atoms with Gasteiger partial charge in [0.2, 0.25) is 5.91 Å². The molecule has 1 unspecified atom stereocenters. The van der Waals surface area contributed by atoms with Gasteiger partial charge in [0.25, 0.3) is 0 Å². The summed E-state index contributed by atoms with van der Waals surface area (Å²) in [6.07, 6.45) is 2.53. The Labute approximate surface area is 178 Å². The fourth-order valence-electron chi connectivity index (χ4n) is 4.26. The molecule has 0 saturated carbocycles. The van der Waals surface area contributed by atoms with Crippen molar-refractivity contribution in [2.24, 2.45) is 0 Å². The van der Waals surface area contributed by atoms with Crippen LogP contribution in [0, 0.1) is 0 Å². The van der Waals surface area contributed by atoms with Crippen molar-refractivity contribution in [2.45, 2.75) is 31.7 Å². The molecule has 1 amide bonds. The van der Waals surface area contributed by atoms with Crippen molar-refractivity contribution in [1.29, 1.82) is 0 Å². The van der Waals surface area contributed by atoms with Crippen LogP contribution in [0.3, 0.4) is 0 Å². The molecule has 1 atom stereocenters. The van der Waals surface area contributed by atoms with E-state index in [9.17, 15) is 9.90 Å². The lowest BCUT2D eigenvalue weighted by atomic mass is 9.81. The van der Waals surface area contributed by atoms with Crippen LogP contribution in [-0.4, -0.2) is 25.1 Å². The predicted octanol–water partition coefficient (Wildman–Crippen LogP) is 5.11. The first kappa shape index (κ1) is 20.0. The second-order valence-electron chi connectivity index (χ2n) is 8.11. The molecule has 4 heteroatoms. The normalized spacial score (nSPS) is 15.3. The number of carbonyl (C=O) groups excluding carboxylic acids is 1. The van der Waals surface area contributed by atoms with Crippen LogP contribution in [0.1, 0.15) is 35.4 Å². The molecule has 154 valence electrons. The zero-order chi connectivity index (χ0) is 21.1. The summed E-state index contributed by atoms with van der Waals surface area (Å²) in [5, 5.41) is 10.3. The van der Waals surface area contributed by atoms with Crippen molar-refractivity contribution < 1.29 is 9.90 Å². The quantitative estimate of drug-likeness (QED) is 0.647. The average Bonchev–Trinajstić information content (AvgIpc) is 2.78. The molecule has 4 nitrogen and oxygen atoms in total. The van der Waals surface area contributed by atoms with E-state index >= 15 is 0 Å². The Kier molecular flexibility index (Phi) is 5.75. The Balaban J connectivity index is 1.67. The van der Waals surface area contributed by atoms with Crippen molar-refractivity contribution in [3.8, 4) is 5.75 Å². The van der Waals surface area contributed by atoms with Crippen LogP contribution in [-0.2, 0) is 17.8 Å². The molecule has 3 aromatic rings. The molecular formula is C26H28N2O2. The van der Waals surface area contributed by atoms with Crippen LogP contribution >= 0.6 is 0 Å². The number of rotatable bonds is 5. The molecule has 0 fully saturated rings. The molecule has 0 spiro atoms. The Bertz CT molecular complexity index is 1010. The van der Waals surface area contributed by atoms with Crippen molar-refractivity contribution in [2.75, 3.05) is 23.9 Å². The van der Waals surface area contributed by atoms with Crippen molar-refractivity contribution in [3.63, 3.8) is 0 Å². The summed E-state index contributed by atoms with van der Waals surface area (Å²) in [5.41, 5.74) is 5.00. The van der Waals surface area contributed by atoms with E-state index in [1.54, 1.807) is 6.07 Å². The lowest BCUT2D eigenvalue weighted by Gasteiger charge is -2.31. The lowest BCUT2D eigenvalue weighted by Crippen LogP contribution is -2.36. The second-order valence-corrected chi connectivity index (χ2v) is 8.11. The number of amides is 1. The summed E-state index contributed by atoms with van der Waals surface area (Å²) >= 11 is 0. The van der Waals surface area contributed by atoms with Crippen LogP contribution in [0.4, 0.5) is 11.4 Å². The van der Waals surface area contributed by atoms with E-state index in [4.69, 9.17) is 0 Å². The number of hydrogen-bond donors (Lipinski definition) is 1. The number of aromatic hydroxyl groups is 1. The monoisotopic (exact) mass is 400 g/mol. The minimum atomic E-state index is -0.234. The molecule has 0 bridgehead atoms. The first-order chi connectivity index (χ1) is 14.5. The summed E-state index contributed by atoms with van der Waals surface area (Å²) in [6, 6.07) is 23.7. The van der Waals surface area contributed by atoms with Crippen molar-refractivity contribution in [3.05, 3.63) is 89.5 Å². The van der Waals surface area contributed by atoms with Crippen LogP contribution in [0.5, 0.6) is 5.75 Å². The summed E-state index contributed by atoms with van der Waals surface area (Å²) < 4.78 is 0. The predicted molar refractivity (Wildman–Crippen MR) is 122 cm³/mol. The van der Waals surface area contributed by atoms with Gasteiger partial charge < -0.3 is 14.9 Å². The lowest BCUT2D eigenvalue weighted by molar-refractivity contribution is -0.120. The minimum Gasteiger partial charge on any atom is -0.508 e.